The number of rotatable bonds is 8. The van der Waals surface area contributed by atoms with Gasteiger partial charge in [-0.05, 0) is 63.4 Å². The van der Waals surface area contributed by atoms with Crippen LogP contribution >= 0.6 is 0 Å². The summed E-state index contributed by atoms with van der Waals surface area (Å²) in [5.41, 5.74) is 2.01. The Morgan fingerprint density at radius 3 is 2.56 bits per heavy atom. The van der Waals surface area contributed by atoms with Crippen LogP contribution in [0.15, 0.2) is 47.1 Å². The van der Waals surface area contributed by atoms with Crippen molar-refractivity contribution in [1.82, 2.24) is 20.2 Å². The first-order valence-corrected chi connectivity index (χ1v) is 13.0. The minimum absolute atomic E-state index is 0.253. The molecule has 1 aliphatic heterocycles. The van der Waals surface area contributed by atoms with Gasteiger partial charge in [0.05, 0.1) is 6.20 Å². The van der Waals surface area contributed by atoms with Gasteiger partial charge in [0.15, 0.2) is 0 Å². The Kier molecular flexibility index (Phi) is 8.51. The maximum absolute atomic E-state index is 12.6. The number of H-pyrrole nitrogens is 1. The highest BCUT2D eigenvalue weighted by Gasteiger charge is 2.24. The quantitative estimate of drug-likeness (QED) is 0.449. The molecule has 0 atom stereocenters. The lowest BCUT2D eigenvalue weighted by Crippen LogP contribution is -2.27. The SMILES string of the molecule is C=C(/C=C\C(=C/C)Nc1nc(N2CCCCCC2)nc2cn[nH]c(=O)c12)[C@H]1CC[C@@H](CC(=O)O)CC1. The molecule has 4 rings (SSSR count). The lowest BCUT2D eigenvalue weighted by Gasteiger charge is -2.28. The van der Waals surface area contributed by atoms with E-state index in [2.05, 4.69) is 32.0 Å². The van der Waals surface area contributed by atoms with Gasteiger partial charge < -0.3 is 15.3 Å². The van der Waals surface area contributed by atoms with Crippen LogP contribution in [-0.4, -0.2) is 44.3 Å². The highest BCUT2D eigenvalue weighted by molar-refractivity contribution is 5.89. The van der Waals surface area contributed by atoms with Gasteiger partial charge in [0.25, 0.3) is 5.56 Å². The summed E-state index contributed by atoms with van der Waals surface area (Å²) in [6, 6.07) is 0. The number of carbonyl (C=O) groups is 1. The number of aliphatic carboxylic acids is 1. The molecule has 1 aliphatic carbocycles. The molecular formula is C27H36N6O3. The minimum Gasteiger partial charge on any atom is -0.481 e. The van der Waals surface area contributed by atoms with E-state index in [0.717, 1.165) is 62.9 Å². The first-order chi connectivity index (χ1) is 17.4. The third-order valence-corrected chi connectivity index (χ3v) is 7.28. The van der Waals surface area contributed by atoms with Crippen LogP contribution in [0.3, 0.4) is 0 Å². The molecule has 2 fully saturated rings. The van der Waals surface area contributed by atoms with Crippen LogP contribution in [-0.2, 0) is 4.79 Å². The van der Waals surface area contributed by atoms with Gasteiger partial charge in [-0.1, -0.05) is 37.1 Å². The Balaban J connectivity index is 1.51. The van der Waals surface area contributed by atoms with Gasteiger partial charge in [-0.25, -0.2) is 10.1 Å². The molecule has 9 nitrogen and oxygen atoms in total. The number of aromatic nitrogens is 4. The van der Waals surface area contributed by atoms with Crippen LogP contribution in [0.25, 0.3) is 10.9 Å². The van der Waals surface area contributed by atoms with E-state index in [1.807, 2.05) is 25.2 Å². The number of fused-ring (bicyclic) bond motifs is 1. The Hall–Kier alpha value is -3.49. The molecular weight excluding hydrogens is 456 g/mol. The number of nitrogens with one attached hydrogen (secondary N) is 2. The van der Waals surface area contributed by atoms with E-state index in [1.165, 1.54) is 12.8 Å². The Bertz CT molecular complexity index is 1200. The molecule has 192 valence electrons. The predicted octanol–water partition coefficient (Wildman–Crippen LogP) is 4.80. The average molecular weight is 493 g/mol. The molecule has 0 amide bonds. The number of allylic oxidation sites excluding steroid dienone is 4. The summed E-state index contributed by atoms with van der Waals surface area (Å²) in [6.07, 6.45) is 16.1. The second-order valence-electron chi connectivity index (χ2n) is 9.83. The standard InChI is InChI=1S/C27H36N6O3/c1-3-21(13-8-18(2)20-11-9-19(10-12-20)16-23(34)35)29-25-24-22(17-28-32-26(24)36)30-27(31-25)33-14-6-4-5-7-15-33/h3,8,13,17,19-20H,2,4-7,9-12,14-16H2,1H3,(H,32,36)(H,34,35)(H,29,30,31)/b13-8-,21-3+/t19-,20+. The van der Waals surface area contributed by atoms with Crippen molar-refractivity contribution in [2.75, 3.05) is 23.3 Å². The van der Waals surface area contributed by atoms with Gasteiger partial charge >= 0.3 is 5.97 Å². The van der Waals surface area contributed by atoms with Crippen LogP contribution in [0.4, 0.5) is 11.8 Å². The number of hydrogen-bond donors (Lipinski definition) is 3. The van der Waals surface area contributed by atoms with Crippen LogP contribution in [0, 0.1) is 11.8 Å². The van der Waals surface area contributed by atoms with E-state index in [0.29, 0.717) is 28.6 Å². The van der Waals surface area contributed by atoms with Crippen LogP contribution in [0.2, 0.25) is 0 Å². The summed E-state index contributed by atoms with van der Waals surface area (Å²) in [6.45, 7) is 7.99. The fourth-order valence-electron chi connectivity index (χ4n) is 5.16. The predicted molar refractivity (Wildman–Crippen MR) is 142 cm³/mol. The molecule has 0 unspecified atom stereocenters. The van der Waals surface area contributed by atoms with Gasteiger partial charge in [0.2, 0.25) is 5.95 Å². The van der Waals surface area contributed by atoms with E-state index in [1.54, 1.807) is 6.20 Å². The highest BCUT2D eigenvalue weighted by Crippen LogP contribution is 2.35. The molecule has 9 heteroatoms. The van der Waals surface area contributed by atoms with E-state index in [9.17, 15) is 9.59 Å². The van der Waals surface area contributed by atoms with Crippen molar-refractivity contribution in [1.29, 1.82) is 0 Å². The second-order valence-corrected chi connectivity index (χ2v) is 9.83. The zero-order chi connectivity index (χ0) is 25.5. The molecule has 1 saturated heterocycles. The normalized spacial score (nSPS) is 21.5. The van der Waals surface area contributed by atoms with Crippen molar-refractivity contribution in [3.63, 3.8) is 0 Å². The van der Waals surface area contributed by atoms with E-state index in [4.69, 9.17) is 10.1 Å². The Morgan fingerprint density at radius 1 is 1.17 bits per heavy atom. The van der Waals surface area contributed by atoms with Crippen molar-refractivity contribution < 1.29 is 9.90 Å². The minimum atomic E-state index is -0.716. The molecule has 1 saturated carbocycles. The summed E-state index contributed by atoms with van der Waals surface area (Å²) in [5, 5.41) is 19.2. The van der Waals surface area contributed by atoms with Crippen molar-refractivity contribution in [3.8, 4) is 0 Å². The van der Waals surface area contributed by atoms with Crippen molar-refractivity contribution in [2.45, 2.75) is 64.7 Å². The van der Waals surface area contributed by atoms with Gasteiger partial charge in [-0.15, -0.1) is 0 Å². The summed E-state index contributed by atoms with van der Waals surface area (Å²) >= 11 is 0. The second kappa shape index (κ2) is 12.0. The first kappa shape index (κ1) is 25.6. The smallest absolute Gasteiger partial charge is 0.303 e. The van der Waals surface area contributed by atoms with E-state index in [-0.39, 0.29) is 17.9 Å². The molecule has 0 radical (unpaired) electrons. The zero-order valence-electron chi connectivity index (χ0n) is 21.0. The third-order valence-electron chi connectivity index (χ3n) is 7.28. The molecule has 0 spiro atoms. The van der Waals surface area contributed by atoms with Gasteiger partial charge in [0.1, 0.15) is 16.7 Å². The number of aromatic amines is 1. The molecule has 36 heavy (non-hydrogen) atoms. The number of carboxylic acid groups (broad SMARTS) is 1. The Morgan fingerprint density at radius 2 is 1.89 bits per heavy atom. The summed E-state index contributed by atoms with van der Waals surface area (Å²) in [4.78, 5) is 35.3. The number of anilines is 2. The van der Waals surface area contributed by atoms with Gasteiger partial charge in [0, 0.05) is 25.2 Å². The van der Waals surface area contributed by atoms with Gasteiger partial charge in [-0.2, -0.15) is 10.1 Å². The fourth-order valence-corrected chi connectivity index (χ4v) is 5.16. The topological polar surface area (TPSA) is 124 Å². The number of nitrogens with zero attached hydrogens (tertiary/aromatic N) is 4. The van der Waals surface area contributed by atoms with E-state index < -0.39 is 5.97 Å². The molecule has 0 bridgehead atoms. The average Bonchev–Trinajstić information content (AvgIpc) is 3.16. The summed E-state index contributed by atoms with van der Waals surface area (Å²) < 4.78 is 0. The molecule has 2 aromatic rings. The first-order valence-electron chi connectivity index (χ1n) is 13.0. The zero-order valence-corrected chi connectivity index (χ0v) is 21.0. The van der Waals surface area contributed by atoms with Crippen molar-refractivity contribution in [2.24, 2.45) is 11.8 Å². The Labute approximate surface area is 211 Å². The fraction of sp³-hybridized carbons (Fsp3) is 0.519. The summed E-state index contributed by atoms with van der Waals surface area (Å²) in [7, 11) is 0. The van der Waals surface area contributed by atoms with Crippen molar-refractivity contribution >= 4 is 28.6 Å². The maximum Gasteiger partial charge on any atom is 0.303 e. The third kappa shape index (κ3) is 6.38. The monoisotopic (exact) mass is 492 g/mol. The van der Waals surface area contributed by atoms with E-state index >= 15 is 0 Å². The van der Waals surface area contributed by atoms with Crippen LogP contribution < -0.4 is 15.8 Å². The molecule has 0 aromatic carbocycles. The number of carboxylic acids is 1. The van der Waals surface area contributed by atoms with Crippen molar-refractivity contribution in [3.05, 3.63) is 52.6 Å². The largest absolute Gasteiger partial charge is 0.481 e. The molecule has 2 aromatic heterocycles. The highest BCUT2D eigenvalue weighted by atomic mass is 16.4. The lowest BCUT2D eigenvalue weighted by molar-refractivity contribution is -0.138. The lowest BCUT2D eigenvalue weighted by atomic mass is 9.77. The molecule has 2 aliphatic rings. The van der Waals surface area contributed by atoms with Gasteiger partial charge in [-0.3, -0.25) is 9.59 Å². The number of hydrogen-bond acceptors (Lipinski definition) is 7. The maximum atomic E-state index is 12.6. The molecule has 3 heterocycles. The van der Waals surface area contributed by atoms with Crippen LogP contribution in [0.5, 0.6) is 0 Å². The summed E-state index contributed by atoms with van der Waals surface area (Å²) in [5.74, 6) is 0.974. The van der Waals surface area contributed by atoms with Crippen LogP contribution in [0.1, 0.15) is 64.7 Å². The molecule has 3 N–H and O–H groups in total.